The topological polar surface area (TPSA) is 58.6 Å². The summed E-state index contributed by atoms with van der Waals surface area (Å²) < 4.78 is 33.2. The number of carbonyl (C=O) groups excluding carboxylic acids is 2. The van der Waals surface area contributed by atoms with Crippen molar-refractivity contribution in [1.29, 1.82) is 0 Å². The van der Waals surface area contributed by atoms with Crippen molar-refractivity contribution in [2.24, 2.45) is 5.92 Å². The van der Waals surface area contributed by atoms with Crippen molar-refractivity contribution in [2.75, 3.05) is 13.7 Å². The molecule has 208 valence electrons. The Labute approximate surface area is 237 Å². The summed E-state index contributed by atoms with van der Waals surface area (Å²) in [4.78, 5) is 28.0. The molecule has 0 aromatic heterocycles. The van der Waals surface area contributed by atoms with E-state index in [9.17, 15) is 18.4 Å². The van der Waals surface area contributed by atoms with E-state index < -0.39 is 17.5 Å². The minimum absolute atomic E-state index is 0.0171. The lowest BCUT2D eigenvalue weighted by molar-refractivity contribution is -0.122. The highest BCUT2D eigenvalue weighted by molar-refractivity contribution is 5.94. The summed E-state index contributed by atoms with van der Waals surface area (Å²) in [6.07, 6.45) is 1.39. The minimum atomic E-state index is -0.789. The monoisotopic (exact) mass is 552 g/mol. The standard InChI is InChI=1S/C34H30F2N2O3/c1-41-27-9-5-8-22(16-27)28-11-10-23(19-37-33(39)31-18-30(31)21-6-3-2-4-7-21)32-20-38(13-12-29(28)32)34(40)24-14-25(35)17-26(36)15-24/h2-11,14-17,30-31H,12-13,18-20H2,1H3,(H,37,39). The lowest BCUT2D eigenvalue weighted by atomic mass is 9.87. The van der Waals surface area contributed by atoms with Gasteiger partial charge in [-0.3, -0.25) is 9.59 Å². The number of halogens is 2. The molecule has 2 aliphatic rings. The Bertz CT molecular complexity index is 1600. The Morgan fingerprint density at radius 1 is 0.927 bits per heavy atom. The molecule has 1 saturated carbocycles. The summed E-state index contributed by atoms with van der Waals surface area (Å²) in [7, 11) is 1.63. The van der Waals surface area contributed by atoms with Crippen LogP contribution in [-0.2, 0) is 24.3 Å². The van der Waals surface area contributed by atoms with Gasteiger partial charge in [0.1, 0.15) is 17.4 Å². The van der Waals surface area contributed by atoms with E-state index >= 15 is 0 Å². The maximum atomic E-state index is 13.9. The van der Waals surface area contributed by atoms with Gasteiger partial charge in [0, 0.05) is 37.2 Å². The van der Waals surface area contributed by atoms with Gasteiger partial charge in [0.2, 0.25) is 5.91 Å². The van der Waals surface area contributed by atoms with Crippen molar-refractivity contribution < 1.29 is 23.1 Å². The number of benzene rings is 4. The maximum absolute atomic E-state index is 13.9. The molecule has 1 aliphatic heterocycles. The van der Waals surface area contributed by atoms with Crippen molar-refractivity contribution in [3.8, 4) is 16.9 Å². The van der Waals surface area contributed by atoms with Crippen molar-refractivity contribution in [3.05, 3.63) is 124 Å². The molecule has 6 rings (SSSR count). The highest BCUT2D eigenvalue weighted by Crippen LogP contribution is 2.47. The summed E-state index contributed by atoms with van der Waals surface area (Å²) in [5, 5.41) is 3.12. The lowest BCUT2D eigenvalue weighted by Gasteiger charge is -2.32. The van der Waals surface area contributed by atoms with Crippen molar-refractivity contribution in [3.63, 3.8) is 0 Å². The van der Waals surface area contributed by atoms with Gasteiger partial charge in [0.25, 0.3) is 5.91 Å². The van der Waals surface area contributed by atoms with Gasteiger partial charge in [-0.05, 0) is 76.4 Å². The summed E-state index contributed by atoms with van der Waals surface area (Å²) in [6, 6.07) is 24.8. The summed E-state index contributed by atoms with van der Waals surface area (Å²) in [5.74, 6) is -1.06. The number of fused-ring (bicyclic) bond motifs is 1. The van der Waals surface area contributed by atoms with Crippen LogP contribution in [0.25, 0.3) is 11.1 Å². The number of hydrogen-bond donors (Lipinski definition) is 1. The van der Waals surface area contributed by atoms with E-state index in [1.165, 1.54) is 5.56 Å². The summed E-state index contributed by atoms with van der Waals surface area (Å²) >= 11 is 0. The molecule has 7 heteroatoms. The van der Waals surface area contributed by atoms with E-state index in [1.807, 2.05) is 48.5 Å². The van der Waals surface area contributed by atoms with Gasteiger partial charge < -0.3 is 15.0 Å². The molecule has 0 saturated heterocycles. The third-order valence-electron chi connectivity index (χ3n) is 8.09. The number of ether oxygens (including phenoxy) is 1. The van der Waals surface area contributed by atoms with Crippen LogP contribution in [0.1, 0.15) is 45.0 Å². The van der Waals surface area contributed by atoms with Gasteiger partial charge in [-0.1, -0.05) is 54.6 Å². The van der Waals surface area contributed by atoms with Crippen LogP contribution in [0.4, 0.5) is 8.78 Å². The van der Waals surface area contributed by atoms with Gasteiger partial charge in [0.05, 0.1) is 7.11 Å². The van der Waals surface area contributed by atoms with Crippen LogP contribution in [0.15, 0.2) is 84.9 Å². The third-order valence-corrected chi connectivity index (χ3v) is 8.09. The van der Waals surface area contributed by atoms with Crippen LogP contribution < -0.4 is 10.1 Å². The Hall–Kier alpha value is -4.52. The zero-order chi connectivity index (χ0) is 28.5. The molecule has 1 aliphatic carbocycles. The summed E-state index contributed by atoms with van der Waals surface area (Å²) in [5.41, 5.74) is 6.13. The second-order valence-electron chi connectivity index (χ2n) is 10.7. The first-order valence-corrected chi connectivity index (χ1v) is 13.8. The van der Waals surface area contributed by atoms with E-state index in [0.29, 0.717) is 19.5 Å². The predicted octanol–water partition coefficient (Wildman–Crippen LogP) is 6.26. The number of methoxy groups -OCH3 is 1. The minimum Gasteiger partial charge on any atom is -0.497 e. The van der Waals surface area contributed by atoms with Gasteiger partial charge in [-0.2, -0.15) is 0 Å². The van der Waals surface area contributed by atoms with Crippen LogP contribution >= 0.6 is 0 Å². The quantitative estimate of drug-likeness (QED) is 0.295. The van der Waals surface area contributed by atoms with E-state index in [0.717, 1.165) is 58.2 Å². The number of hydrogen-bond acceptors (Lipinski definition) is 3. The van der Waals surface area contributed by atoms with E-state index in [1.54, 1.807) is 12.0 Å². The van der Waals surface area contributed by atoms with Crippen LogP contribution in [0.2, 0.25) is 0 Å². The average molecular weight is 553 g/mol. The van der Waals surface area contributed by atoms with E-state index in [2.05, 4.69) is 23.5 Å². The molecule has 2 atom stereocenters. The first-order valence-electron chi connectivity index (χ1n) is 13.8. The molecular weight excluding hydrogens is 522 g/mol. The molecule has 0 radical (unpaired) electrons. The number of rotatable bonds is 7. The second-order valence-corrected chi connectivity index (χ2v) is 10.7. The molecule has 0 bridgehead atoms. The largest absolute Gasteiger partial charge is 0.497 e. The molecule has 41 heavy (non-hydrogen) atoms. The first kappa shape index (κ1) is 26.7. The lowest BCUT2D eigenvalue weighted by Crippen LogP contribution is -2.37. The Morgan fingerprint density at radius 2 is 1.71 bits per heavy atom. The Kier molecular flexibility index (Phi) is 7.26. The third kappa shape index (κ3) is 5.57. The molecule has 0 spiro atoms. The fourth-order valence-electron chi connectivity index (χ4n) is 5.87. The number of nitrogens with one attached hydrogen (secondary N) is 1. The van der Waals surface area contributed by atoms with Gasteiger partial charge >= 0.3 is 0 Å². The molecule has 2 unspecified atom stereocenters. The van der Waals surface area contributed by atoms with Crippen LogP contribution in [0.5, 0.6) is 5.75 Å². The SMILES string of the molecule is COc1cccc(-c2ccc(CNC(=O)C3CC3c3ccccc3)c3c2CCN(C(=O)c2cc(F)cc(F)c2)C3)c1. The molecule has 5 nitrogen and oxygen atoms in total. The number of carbonyl (C=O) groups is 2. The van der Waals surface area contributed by atoms with Crippen LogP contribution in [0.3, 0.4) is 0 Å². The molecule has 1 N–H and O–H groups in total. The number of nitrogens with zero attached hydrogens (tertiary/aromatic N) is 1. The normalized spacial score (nSPS) is 17.5. The zero-order valence-corrected chi connectivity index (χ0v) is 22.7. The first-order chi connectivity index (χ1) is 19.9. The van der Waals surface area contributed by atoms with Crippen molar-refractivity contribution in [2.45, 2.75) is 31.8 Å². The summed E-state index contributed by atoms with van der Waals surface area (Å²) in [6.45, 7) is 0.997. The van der Waals surface area contributed by atoms with E-state index in [4.69, 9.17) is 4.74 Å². The smallest absolute Gasteiger partial charge is 0.254 e. The average Bonchev–Trinajstić information content (AvgIpc) is 3.80. The Morgan fingerprint density at radius 3 is 2.46 bits per heavy atom. The number of amides is 2. The molecule has 1 heterocycles. The van der Waals surface area contributed by atoms with Crippen molar-refractivity contribution >= 4 is 11.8 Å². The molecule has 4 aromatic rings. The maximum Gasteiger partial charge on any atom is 0.254 e. The predicted molar refractivity (Wildman–Crippen MR) is 152 cm³/mol. The van der Waals surface area contributed by atoms with Gasteiger partial charge in [0.15, 0.2) is 0 Å². The molecule has 4 aromatic carbocycles. The Balaban J connectivity index is 1.27. The molecule has 2 amide bonds. The van der Waals surface area contributed by atoms with Crippen LogP contribution in [0, 0.1) is 17.6 Å². The molecular formula is C34H30F2N2O3. The van der Waals surface area contributed by atoms with Gasteiger partial charge in [-0.25, -0.2) is 8.78 Å². The second kappa shape index (κ2) is 11.2. The highest BCUT2D eigenvalue weighted by Gasteiger charge is 2.43. The van der Waals surface area contributed by atoms with Crippen LogP contribution in [-0.4, -0.2) is 30.4 Å². The van der Waals surface area contributed by atoms with E-state index in [-0.39, 0.29) is 29.9 Å². The fourth-order valence-corrected chi connectivity index (χ4v) is 5.87. The van der Waals surface area contributed by atoms with Crippen molar-refractivity contribution in [1.82, 2.24) is 10.2 Å². The molecule has 1 fully saturated rings. The fraction of sp³-hybridized carbons (Fsp3) is 0.235. The highest BCUT2D eigenvalue weighted by atomic mass is 19.1. The zero-order valence-electron chi connectivity index (χ0n) is 22.7. The van der Waals surface area contributed by atoms with Gasteiger partial charge in [-0.15, -0.1) is 0 Å².